The normalized spacial score (nSPS) is 14.2. The van der Waals surface area contributed by atoms with Crippen LogP contribution in [0.3, 0.4) is 0 Å². The Hall–Kier alpha value is -2.49. The van der Waals surface area contributed by atoms with Crippen LogP contribution in [-0.2, 0) is 12.8 Å². The van der Waals surface area contributed by atoms with Gasteiger partial charge < -0.3 is 15.4 Å². The zero-order valence-corrected chi connectivity index (χ0v) is 16.6. The topological polar surface area (TPSA) is 50.4 Å². The summed E-state index contributed by atoms with van der Waals surface area (Å²) < 4.78 is 5.64. The summed E-state index contributed by atoms with van der Waals surface area (Å²) in [6, 6.07) is 12.4. The van der Waals surface area contributed by atoms with Crippen molar-refractivity contribution in [3.05, 3.63) is 64.2 Å². The molecule has 0 fully saturated rings. The van der Waals surface area contributed by atoms with Crippen molar-refractivity contribution in [1.29, 1.82) is 0 Å². The zero-order chi connectivity index (χ0) is 19.2. The van der Waals surface area contributed by atoms with Crippen LogP contribution in [0.1, 0.15) is 60.0 Å². The van der Waals surface area contributed by atoms with E-state index in [1.807, 2.05) is 25.1 Å². The molecule has 0 spiro atoms. The first kappa shape index (κ1) is 19.3. The number of nitrogens with one attached hydrogen (secondary N) is 2. The van der Waals surface area contributed by atoms with Gasteiger partial charge in [0, 0.05) is 0 Å². The summed E-state index contributed by atoms with van der Waals surface area (Å²) >= 11 is 0. The van der Waals surface area contributed by atoms with Gasteiger partial charge in [-0.05, 0) is 85.9 Å². The first-order valence-electron chi connectivity index (χ1n) is 9.93. The number of carbonyl (C=O) groups excluding carboxylic acids is 1. The minimum atomic E-state index is -0.205. The second-order valence-electron chi connectivity index (χ2n) is 7.38. The van der Waals surface area contributed by atoms with E-state index in [9.17, 15) is 4.79 Å². The molecule has 2 N–H and O–H groups in total. The molecule has 2 aromatic carbocycles. The molecule has 1 aliphatic rings. The van der Waals surface area contributed by atoms with Crippen molar-refractivity contribution in [3.8, 4) is 5.75 Å². The number of hydrogen-bond donors (Lipinski definition) is 2. The van der Waals surface area contributed by atoms with Gasteiger partial charge in [-0.1, -0.05) is 31.2 Å². The van der Waals surface area contributed by atoms with Crippen molar-refractivity contribution in [2.45, 2.75) is 58.9 Å². The monoisotopic (exact) mass is 366 g/mol. The SMILES string of the molecule is CCC(NC(=O)NCOc1ccc(C)c(C)c1)c1ccc2c(c1)CCCC2. The Labute approximate surface area is 162 Å². The lowest BCUT2D eigenvalue weighted by Crippen LogP contribution is -2.39. The van der Waals surface area contributed by atoms with Gasteiger partial charge in [-0.3, -0.25) is 0 Å². The molecule has 4 nitrogen and oxygen atoms in total. The molecule has 2 aromatic rings. The average Bonchev–Trinajstić information content (AvgIpc) is 2.68. The molecule has 0 aromatic heterocycles. The molecule has 27 heavy (non-hydrogen) atoms. The van der Waals surface area contributed by atoms with E-state index in [1.165, 1.54) is 47.1 Å². The molecular formula is C23H30N2O2. The van der Waals surface area contributed by atoms with E-state index in [0.29, 0.717) is 0 Å². The van der Waals surface area contributed by atoms with Gasteiger partial charge in [0.1, 0.15) is 5.75 Å². The Morgan fingerprint density at radius 3 is 2.56 bits per heavy atom. The minimum absolute atomic E-state index is 0.0128. The second kappa shape index (κ2) is 8.94. The zero-order valence-electron chi connectivity index (χ0n) is 16.6. The number of amides is 2. The molecule has 1 unspecified atom stereocenters. The number of benzene rings is 2. The number of carbonyl (C=O) groups is 1. The summed E-state index contributed by atoms with van der Waals surface area (Å²) in [6.07, 6.45) is 5.72. The molecule has 4 heteroatoms. The summed E-state index contributed by atoms with van der Waals surface area (Å²) in [5, 5.41) is 5.86. The average molecular weight is 367 g/mol. The molecule has 0 aliphatic heterocycles. The molecular weight excluding hydrogens is 336 g/mol. The number of aryl methyl sites for hydroxylation is 4. The van der Waals surface area contributed by atoms with Crippen molar-refractivity contribution < 1.29 is 9.53 Å². The van der Waals surface area contributed by atoms with E-state index in [2.05, 4.69) is 42.7 Å². The highest BCUT2D eigenvalue weighted by Gasteiger charge is 2.16. The Morgan fingerprint density at radius 1 is 1.04 bits per heavy atom. The highest BCUT2D eigenvalue weighted by molar-refractivity contribution is 5.74. The van der Waals surface area contributed by atoms with Gasteiger partial charge in [-0.25, -0.2) is 4.79 Å². The van der Waals surface area contributed by atoms with E-state index in [4.69, 9.17) is 4.74 Å². The van der Waals surface area contributed by atoms with Crippen molar-refractivity contribution in [2.75, 3.05) is 6.73 Å². The van der Waals surface area contributed by atoms with Crippen LogP contribution < -0.4 is 15.4 Å². The van der Waals surface area contributed by atoms with Gasteiger partial charge in [-0.2, -0.15) is 0 Å². The molecule has 0 saturated carbocycles. The molecule has 3 rings (SSSR count). The fraction of sp³-hybridized carbons (Fsp3) is 0.435. The molecule has 2 amide bonds. The van der Waals surface area contributed by atoms with Crippen LogP contribution in [0.25, 0.3) is 0 Å². The van der Waals surface area contributed by atoms with Crippen LogP contribution in [0.15, 0.2) is 36.4 Å². The number of rotatable bonds is 6. The molecule has 0 saturated heterocycles. The summed E-state index contributed by atoms with van der Waals surface area (Å²) in [7, 11) is 0. The maximum absolute atomic E-state index is 12.3. The molecule has 0 radical (unpaired) electrons. The number of fused-ring (bicyclic) bond motifs is 1. The summed E-state index contributed by atoms with van der Waals surface area (Å²) in [6.45, 7) is 6.36. The lowest BCUT2D eigenvalue weighted by molar-refractivity contribution is 0.220. The van der Waals surface area contributed by atoms with E-state index in [1.54, 1.807) is 0 Å². The maximum atomic E-state index is 12.3. The first-order chi connectivity index (χ1) is 13.1. The van der Waals surface area contributed by atoms with Gasteiger partial charge in [0.15, 0.2) is 6.73 Å². The highest BCUT2D eigenvalue weighted by atomic mass is 16.5. The van der Waals surface area contributed by atoms with Crippen LogP contribution in [-0.4, -0.2) is 12.8 Å². The lowest BCUT2D eigenvalue weighted by Gasteiger charge is -2.22. The first-order valence-corrected chi connectivity index (χ1v) is 9.93. The van der Waals surface area contributed by atoms with Crippen LogP contribution in [0.4, 0.5) is 4.79 Å². The molecule has 144 valence electrons. The van der Waals surface area contributed by atoms with Crippen LogP contribution in [0.5, 0.6) is 5.75 Å². The number of hydrogen-bond acceptors (Lipinski definition) is 2. The fourth-order valence-corrected chi connectivity index (χ4v) is 3.59. The van der Waals surface area contributed by atoms with Gasteiger partial charge in [-0.15, -0.1) is 0 Å². The highest BCUT2D eigenvalue weighted by Crippen LogP contribution is 2.26. The third-order valence-electron chi connectivity index (χ3n) is 5.44. The quantitative estimate of drug-likeness (QED) is 0.709. The summed E-state index contributed by atoms with van der Waals surface area (Å²) in [4.78, 5) is 12.3. The van der Waals surface area contributed by atoms with Gasteiger partial charge in [0.25, 0.3) is 0 Å². The molecule has 1 aliphatic carbocycles. The standard InChI is InChI=1S/C23H30N2O2/c1-4-22(20-11-10-18-7-5-6-8-19(18)14-20)25-23(26)24-15-27-21-12-9-16(2)17(3)13-21/h9-14,22H,4-8,15H2,1-3H3,(H2,24,25,26). The van der Waals surface area contributed by atoms with Crippen molar-refractivity contribution in [3.63, 3.8) is 0 Å². The van der Waals surface area contributed by atoms with Crippen molar-refractivity contribution >= 4 is 6.03 Å². The Kier molecular flexibility index (Phi) is 6.38. The predicted molar refractivity (Wildman–Crippen MR) is 109 cm³/mol. The fourth-order valence-electron chi connectivity index (χ4n) is 3.59. The van der Waals surface area contributed by atoms with Crippen LogP contribution >= 0.6 is 0 Å². The largest absolute Gasteiger partial charge is 0.473 e. The summed E-state index contributed by atoms with van der Waals surface area (Å²) in [5.74, 6) is 0.764. The third-order valence-corrected chi connectivity index (χ3v) is 5.44. The van der Waals surface area contributed by atoms with Crippen LogP contribution in [0, 0.1) is 13.8 Å². The number of urea groups is 1. The smallest absolute Gasteiger partial charge is 0.317 e. The van der Waals surface area contributed by atoms with Gasteiger partial charge in [0.05, 0.1) is 6.04 Å². The van der Waals surface area contributed by atoms with Gasteiger partial charge in [0.2, 0.25) is 0 Å². The lowest BCUT2D eigenvalue weighted by atomic mass is 9.89. The van der Waals surface area contributed by atoms with Crippen molar-refractivity contribution in [2.24, 2.45) is 0 Å². The maximum Gasteiger partial charge on any atom is 0.317 e. The minimum Gasteiger partial charge on any atom is -0.473 e. The van der Waals surface area contributed by atoms with Crippen molar-refractivity contribution in [1.82, 2.24) is 10.6 Å². The Balaban J connectivity index is 1.53. The summed E-state index contributed by atoms with van der Waals surface area (Å²) in [5.41, 5.74) is 6.49. The van der Waals surface area contributed by atoms with E-state index >= 15 is 0 Å². The van der Waals surface area contributed by atoms with Gasteiger partial charge >= 0.3 is 6.03 Å². The molecule has 1 atom stereocenters. The van der Waals surface area contributed by atoms with E-state index < -0.39 is 0 Å². The van der Waals surface area contributed by atoms with E-state index in [-0.39, 0.29) is 18.8 Å². The molecule has 0 bridgehead atoms. The Bertz CT molecular complexity index is 801. The number of ether oxygens (including phenoxy) is 1. The second-order valence-corrected chi connectivity index (χ2v) is 7.38. The predicted octanol–water partition coefficient (Wildman–Crippen LogP) is 4.97. The van der Waals surface area contributed by atoms with E-state index in [0.717, 1.165) is 18.6 Å². The Morgan fingerprint density at radius 2 is 1.81 bits per heavy atom. The third kappa shape index (κ3) is 5.03. The van der Waals surface area contributed by atoms with Crippen LogP contribution in [0.2, 0.25) is 0 Å². The molecule has 0 heterocycles.